The van der Waals surface area contributed by atoms with Gasteiger partial charge in [-0.25, -0.2) is 0 Å². The Morgan fingerprint density at radius 2 is 1.59 bits per heavy atom. The number of amides is 2. The SMILES string of the molecule is O=C1/C(=C/c2ccccn2)C(O)=C(c2ccccc2)CN1C(=O)c1ccccc1. The van der Waals surface area contributed by atoms with Gasteiger partial charge in [0.05, 0.1) is 17.8 Å². The number of aromatic nitrogens is 1. The Kier molecular flexibility index (Phi) is 5.03. The second kappa shape index (κ2) is 7.94. The molecule has 5 heteroatoms. The van der Waals surface area contributed by atoms with Gasteiger partial charge in [-0.2, -0.15) is 0 Å². The van der Waals surface area contributed by atoms with Crippen molar-refractivity contribution in [2.45, 2.75) is 0 Å². The molecule has 0 saturated carbocycles. The Hall–Kier alpha value is -3.99. The van der Waals surface area contributed by atoms with Gasteiger partial charge in [0, 0.05) is 17.3 Å². The van der Waals surface area contributed by atoms with Crippen LogP contribution in [-0.2, 0) is 4.79 Å². The average molecular weight is 382 g/mol. The summed E-state index contributed by atoms with van der Waals surface area (Å²) in [6.07, 6.45) is 3.11. The number of pyridine rings is 1. The standard InChI is InChI=1S/C24H18N2O3/c27-22-20(15-19-13-7-8-14-25-19)24(29)26(23(28)18-11-5-2-6-12-18)16-21(22)17-9-3-1-4-10-17/h1-15,27H,16H2/b20-15+. The largest absolute Gasteiger partial charge is 0.507 e. The van der Waals surface area contributed by atoms with Gasteiger partial charge in [0.25, 0.3) is 11.8 Å². The third-order valence-electron chi connectivity index (χ3n) is 4.70. The molecule has 2 heterocycles. The van der Waals surface area contributed by atoms with E-state index in [1.54, 1.807) is 48.7 Å². The van der Waals surface area contributed by atoms with Gasteiger partial charge < -0.3 is 5.11 Å². The summed E-state index contributed by atoms with van der Waals surface area (Å²) in [5.41, 5.74) is 2.22. The fourth-order valence-electron chi connectivity index (χ4n) is 3.22. The van der Waals surface area contributed by atoms with Crippen molar-refractivity contribution in [3.63, 3.8) is 0 Å². The molecule has 4 rings (SSSR count). The number of carbonyl (C=O) groups excluding carboxylic acids is 2. The van der Waals surface area contributed by atoms with Gasteiger partial charge in [0.1, 0.15) is 5.76 Å². The summed E-state index contributed by atoms with van der Waals surface area (Å²) in [7, 11) is 0. The molecular formula is C24H18N2O3. The number of benzene rings is 2. The first-order chi connectivity index (χ1) is 14.1. The third-order valence-corrected chi connectivity index (χ3v) is 4.70. The Morgan fingerprint density at radius 1 is 0.931 bits per heavy atom. The summed E-state index contributed by atoms with van der Waals surface area (Å²) in [4.78, 5) is 31.6. The number of carbonyl (C=O) groups is 2. The molecule has 0 saturated heterocycles. The maximum absolute atomic E-state index is 13.1. The van der Waals surface area contributed by atoms with Gasteiger partial charge in [-0.1, -0.05) is 54.6 Å². The molecule has 3 aromatic rings. The second-order valence-electron chi connectivity index (χ2n) is 6.57. The maximum atomic E-state index is 13.1. The van der Waals surface area contributed by atoms with Crippen molar-refractivity contribution in [3.05, 3.63) is 113 Å². The van der Waals surface area contributed by atoms with Crippen LogP contribution in [-0.4, -0.2) is 33.3 Å². The molecule has 1 N–H and O–H groups in total. The third kappa shape index (κ3) is 3.71. The van der Waals surface area contributed by atoms with E-state index in [0.717, 1.165) is 10.5 Å². The summed E-state index contributed by atoms with van der Waals surface area (Å²) in [5, 5.41) is 10.9. The quantitative estimate of drug-likeness (QED) is 0.546. The lowest BCUT2D eigenvalue weighted by molar-refractivity contribution is -0.124. The Bertz CT molecular complexity index is 1100. The molecule has 0 spiro atoms. The highest BCUT2D eigenvalue weighted by Gasteiger charge is 2.35. The smallest absolute Gasteiger partial charge is 0.264 e. The Balaban J connectivity index is 1.83. The zero-order valence-corrected chi connectivity index (χ0v) is 15.5. The number of rotatable bonds is 3. The molecule has 1 aliphatic rings. The minimum absolute atomic E-state index is 0.0119. The van der Waals surface area contributed by atoms with Gasteiger partial charge in [0.15, 0.2) is 0 Å². The van der Waals surface area contributed by atoms with Gasteiger partial charge in [-0.15, -0.1) is 0 Å². The van der Waals surface area contributed by atoms with Gasteiger partial charge >= 0.3 is 0 Å². The first kappa shape index (κ1) is 18.4. The highest BCUT2D eigenvalue weighted by Crippen LogP contribution is 2.31. The maximum Gasteiger partial charge on any atom is 0.264 e. The van der Waals surface area contributed by atoms with Crippen LogP contribution in [0.25, 0.3) is 11.6 Å². The van der Waals surface area contributed by atoms with Crippen LogP contribution < -0.4 is 0 Å². The Morgan fingerprint density at radius 3 is 2.24 bits per heavy atom. The monoisotopic (exact) mass is 382 g/mol. The lowest BCUT2D eigenvalue weighted by Crippen LogP contribution is -2.42. The summed E-state index contributed by atoms with van der Waals surface area (Å²) >= 11 is 0. The summed E-state index contributed by atoms with van der Waals surface area (Å²) in [6, 6.07) is 23.2. The van der Waals surface area contributed by atoms with E-state index in [9.17, 15) is 14.7 Å². The minimum Gasteiger partial charge on any atom is -0.507 e. The van der Waals surface area contributed by atoms with Gasteiger partial charge in [-0.3, -0.25) is 19.5 Å². The summed E-state index contributed by atoms with van der Waals surface area (Å²) in [6.45, 7) is -0.0119. The van der Waals surface area contributed by atoms with E-state index in [0.29, 0.717) is 16.8 Å². The van der Waals surface area contributed by atoms with E-state index in [1.165, 1.54) is 6.08 Å². The fraction of sp³-hybridized carbons (Fsp3) is 0.0417. The van der Waals surface area contributed by atoms with Crippen molar-refractivity contribution in [3.8, 4) is 0 Å². The number of hydrogen-bond acceptors (Lipinski definition) is 4. The zero-order valence-electron chi connectivity index (χ0n) is 15.5. The molecule has 0 radical (unpaired) electrons. The molecular weight excluding hydrogens is 364 g/mol. The molecule has 0 unspecified atom stereocenters. The van der Waals surface area contributed by atoms with Gasteiger partial charge in [-0.05, 0) is 35.9 Å². The van der Waals surface area contributed by atoms with Crippen molar-refractivity contribution in [1.29, 1.82) is 0 Å². The lowest BCUT2D eigenvalue weighted by atomic mass is 9.94. The second-order valence-corrected chi connectivity index (χ2v) is 6.57. The molecule has 142 valence electrons. The number of aliphatic hydroxyl groups excluding tert-OH is 1. The minimum atomic E-state index is -0.554. The van der Waals surface area contributed by atoms with Crippen LogP contribution in [0.5, 0.6) is 0 Å². The van der Waals surface area contributed by atoms with Crippen LogP contribution in [0.3, 0.4) is 0 Å². The first-order valence-electron chi connectivity index (χ1n) is 9.17. The predicted octanol–water partition coefficient (Wildman–Crippen LogP) is 4.12. The van der Waals surface area contributed by atoms with Crippen LogP contribution in [0.1, 0.15) is 21.6 Å². The highest BCUT2D eigenvalue weighted by molar-refractivity contribution is 6.16. The lowest BCUT2D eigenvalue weighted by Gasteiger charge is -2.29. The highest BCUT2D eigenvalue weighted by atomic mass is 16.3. The van der Waals surface area contributed by atoms with Crippen LogP contribution in [0.4, 0.5) is 0 Å². The molecule has 0 bridgehead atoms. The first-order valence-corrected chi connectivity index (χ1v) is 9.17. The van der Waals surface area contributed by atoms with E-state index in [-0.39, 0.29) is 17.9 Å². The summed E-state index contributed by atoms with van der Waals surface area (Å²) in [5.74, 6) is -1.10. The van der Waals surface area contributed by atoms with E-state index in [2.05, 4.69) is 4.98 Å². The molecule has 1 aliphatic heterocycles. The zero-order chi connectivity index (χ0) is 20.2. The molecule has 5 nitrogen and oxygen atoms in total. The van der Waals surface area contributed by atoms with Crippen LogP contribution in [0.2, 0.25) is 0 Å². The molecule has 29 heavy (non-hydrogen) atoms. The molecule has 0 atom stereocenters. The Labute approximate surface area is 168 Å². The topological polar surface area (TPSA) is 70.5 Å². The molecule has 0 fully saturated rings. The van der Waals surface area contributed by atoms with Gasteiger partial charge in [0.2, 0.25) is 0 Å². The van der Waals surface area contributed by atoms with Crippen molar-refractivity contribution >= 4 is 23.5 Å². The average Bonchev–Trinajstić information content (AvgIpc) is 2.78. The molecule has 0 aliphatic carbocycles. The molecule has 2 amide bonds. The van der Waals surface area contributed by atoms with Crippen LogP contribution in [0, 0.1) is 0 Å². The van der Waals surface area contributed by atoms with Crippen LogP contribution in [0.15, 0.2) is 96.4 Å². The predicted molar refractivity (Wildman–Crippen MR) is 111 cm³/mol. The summed E-state index contributed by atoms with van der Waals surface area (Å²) < 4.78 is 0. The van der Waals surface area contributed by atoms with E-state index >= 15 is 0 Å². The molecule has 1 aromatic heterocycles. The van der Waals surface area contributed by atoms with Crippen molar-refractivity contribution in [2.75, 3.05) is 6.54 Å². The number of imide groups is 1. The number of hydrogen-bond donors (Lipinski definition) is 1. The number of nitrogens with zero attached hydrogens (tertiary/aromatic N) is 2. The van der Waals surface area contributed by atoms with Crippen molar-refractivity contribution < 1.29 is 14.7 Å². The van der Waals surface area contributed by atoms with Crippen molar-refractivity contribution in [1.82, 2.24) is 9.88 Å². The normalized spacial score (nSPS) is 15.7. The molecule has 2 aromatic carbocycles. The van der Waals surface area contributed by atoms with E-state index in [4.69, 9.17) is 0 Å². The fourth-order valence-corrected chi connectivity index (χ4v) is 3.22. The van der Waals surface area contributed by atoms with Crippen LogP contribution >= 0.6 is 0 Å². The van der Waals surface area contributed by atoms with Crippen molar-refractivity contribution in [2.24, 2.45) is 0 Å². The van der Waals surface area contributed by atoms with E-state index < -0.39 is 11.8 Å². The van der Waals surface area contributed by atoms with E-state index in [1.807, 2.05) is 36.4 Å². The number of aliphatic hydroxyl groups is 1.